The van der Waals surface area contributed by atoms with Gasteiger partial charge in [-0.2, -0.15) is 0 Å². The maximum Gasteiger partial charge on any atom is 0.130 e. The van der Waals surface area contributed by atoms with Crippen LogP contribution in [0, 0.1) is 6.92 Å². The average Bonchev–Trinajstić information content (AvgIpc) is 2.03. The van der Waals surface area contributed by atoms with Gasteiger partial charge in [0.25, 0.3) is 0 Å². The zero-order valence-corrected chi connectivity index (χ0v) is 8.58. The molecular weight excluding hydrogens is 186 g/mol. The number of thiocarbonyl (C=S) groups is 1. The number of rotatable bonds is 2. The maximum atomic E-state index is 4.77. The van der Waals surface area contributed by atoms with E-state index in [1.807, 2.05) is 0 Å². The molecule has 0 spiro atoms. The fourth-order valence-electron chi connectivity index (χ4n) is 0.884. The van der Waals surface area contributed by atoms with Crippen LogP contribution in [0.5, 0.6) is 0 Å². The molecule has 0 atom stereocenters. The first-order chi connectivity index (χ1) is 5.68. The summed E-state index contributed by atoms with van der Waals surface area (Å²) in [5.74, 6) is 0. The van der Waals surface area contributed by atoms with E-state index in [1.54, 1.807) is 0 Å². The van der Waals surface area contributed by atoms with Crippen LogP contribution in [0.25, 0.3) is 0 Å². The highest BCUT2D eigenvalue weighted by Gasteiger charge is 1.91. The van der Waals surface area contributed by atoms with Crippen LogP contribution in [-0.2, 0) is 6.54 Å². The lowest BCUT2D eigenvalue weighted by molar-refractivity contribution is 0.939. The van der Waals surface area contributed by atoms with E-state index in [0.717, 1.165) is 6.54 Å². The van der Waals surface area contributed by atoms with E-state index in [9.17, 15) is 0 Å². The number of nitrogens with one attached hydrogen (secondary N) is 1. The Labute approximate surface area is 83.6 Å². The minimum atomic E-state index is 0.538. The van der Waals surface area contributed by atoms with Crippen molar-refractivity contribution in [2.24, 2.45) is 0 Å². The van der Waals surface area contributed by atoms with Gasteiger partial charge in [0.1, 0.15) is 4.32 Å². The van der Waals surface area contributed by atoms with Crippen molar-refractivity contribution in [3.05, 3.63) is 35.4 Å². The van der Waals surface area contributed by atoms with E-state index >= 15 is 0 Å². The molecular formula is C9H11NS2. The van der Waals surface area contributed by atoms with Gasteiger partial charge in [-0.3, -0.25) is 0 Å². The summed E-state index contributed by atoms with van der Waals surface area (Å²) < 4.78 is 0.538. The Hall–Kier alpha value is -0.540. The van der Waals surface area contributed by atoms with Crippen LogP contribution in [0.4, 0.5) is 0 Å². The second kappa shape index (κ2) is 4.48. The molecule has 1 aromatic rings. The van der Waals surface area contributed by atoms with Gasteiger partial charge >= 0.3 is 0 Å². The predicted molar refractivity (Wildman–Crippen MR) is 59.6 cm³/mol. The van der Waals surface area contributed by atoms with Crippen molar-refractivity contribution >= 4 is 29.2 Å². The Balaban J connectivity index is 2.53. The monoisotopic (exact) mass is 197 g/mol. The summed E-state index contributed by atoms with van der Waals surface area (Å²) in [4.78, 5) is 0. The fraction of sp³-hybridized carbons (Fsp3) is 0.222. The molecule has 0 saturated carbocycles. The maximum absolute atomic E-state index is 4.77. The van der Waals surface area contributed by atoms with Crippen LogP contribution in [0.15, 0.2) is 24.3 Å². The lowest BCUT2D eigenvalue weighted by Gasteiger charge is -2.02. The quantitative estimate of drug-likeness (QED) is 0.557. The highest BCUT2D eigenvalue weighted by molar-refractivity contribution is 8.11. The molecule has 0 aliphatic carbocycles. The zero-order valence-electron chi connectivity index (χ0n) is 6.87. The van der Waals surface area contributed by atoms with Gasteiger partial charge < -0.3 is 5.32 Å². The summed E-state index contributed by atoms with van der Waals surface area (Å²) in [5, 5.41) is 2.98. The molecule has 0 aromatic heterocycles. The van der Waals surface area contributed by atoms with Crippen molar-refractivity contribution in [1.29, 1.82) is 0 Å². The highest BCUT2D eigenvalue weighted by atomic mass is 32.1. The van der Waals surface area contributed by atoms with E-state index in [1.165, 1.54) is 11.1 Å². The second-order valence-corrected chi connectivity index (χ2v) is 3.80. The summed E-state index contributed by atoms with van der Waals surface area (Å²) in [6.07, 6.45) is 0. The number of hydrogen-bond donors (Lipinski definition) is 2. The average molecular weight is 197 g/mol. The third-order valence-corrected chi connectivity index (χ3v) is 1.87. The predicted octanol–water partition coefficient (Wildman–Crippen LogP) is 2.30. The minimum Gasteiger partial charge on any atom is -0.367 e. The van der Waals surface area contributed by atoms with Gasteiger partial charge in [-0.15, -0.1) is 12.6 Å². The molecule has 0 unspecified atom stereocenters. The summed E-state index contributed by atoms with van der Waals surface area (Å²) in [5.41, 5.74) is 2.49. The second-order valence-electron chi connectivity index (χ2n) is 2.64. The summed E-state index contributed by atoms with van der Waals surface area (Å²) in [6, 6.07) is 8.32. The Morgan fingerprint density at radius 1 is 1.42 bits per heavy atom. The first-order valence-electron chi connectivity index (χ1n) is 3.71. The van der Waals surface area contributed by atoms with E-state index < -0.39 is 0 Å². The van der Waals surface area contributed by atoms with Crippen LogP contribution >= 0.6 is 24.8 Å². The molecule has 1 nitrogen and oxygen atoms in total. The van der Waals surface area contributed by atoms with Crippen molar-refractivity contribution in [2.75, 3.05) is 0 Å². The largest absolute Gasteiger partial charge is 0.367 e. The lowest BCUT2D eigenvalue weighted by Crippen LogP contribution is -2.15. The van der Waals surface area contributed by atoms with Crippen molar-refractivity contribution in [3.63, 3.8) is 0 Å². The molecule has 1 aromatic carbocycles. The summed E-state index contributed by atoms with van der Waals surface area (Å²) in [6.45, 7) is 2.82. The number of aryl methyl sites for hydroxylation is 1. The Morgan fingerprint density at radius 2 is 2.00 bits per heavy atom. The molecule has 3 heteroatoms. The molecule has 0 bridgehead atoms. The van der Waals surface area contributed by atoms with Crippen molar-refractivity contribution in [1.82, 2.24) is 5.32 Å². The lowest BCUT2D eigenvalue weighted by atomic mass is 10.1. The van der Waals surface area contributed by atoms with Gasteiger partial charge in [-0.1, -0.05) is 42.0 Å². The van der Waals surface area contributed by atoms with E-state index in [4.69, 9.17) is 12.2 Å². The SMILES string of the molecule is Cc1ccc(CNC(=S)S)cc1. The third kappa shape index (κ3) is 3.24. The van der Waals surface area contributed by atoms with E-state index in [2.05, 4.69) is 49.1 Å². The molecule has 0 amide bonds. The number of thiol groups is 1. The molecule has 64 valence electrons. The molecule has 0 fully saturated rings. The van der Waals surface area contributed by atoms with Crippen molar-refractivity contribution in [2.45, 2.75) is 13.5 Å². The first kappa shape index (κ1) is 9.55. The highest BCUT2D eigenvalue weighted by Crippen LogP contribution is 2.02. The van der Waals surface area contributed by atoms with Gasteiger partial charge in [0.2, 0.25) is 0 Å². The van der Waals surface area contributed by atoms with Gasteiger partial charge in [0, 0.05) is 6.54 Å². The third-order valence-electron chi connectivity index (χ3n) is 1.56. The minimum absolute atomic E-state index is 0.538. The standard InChI is InChI=1S/C9H11NS2/c1-7-2-4-8(5-3-7)6-10-9(11)12/h2-5H,6H2,1H3,(H2,10,11,12). The molecule has 0 saturated heterocycles. The van der Waals surface area contributed by atoms with E-state index in [0.29, 0.717) is 4.32 Å². The Kier molecular flexibility index (Phi) is 3.56. The van der Waals surface area contributed by atoms with Crippen molar-refractivity contribution in [3.8, 4) is 0 Å². The molecule has 0 radical (unpaired) electrons. The molecule has 0 aliphatic rings. The fourth-order valence-corrected chi connectivity index (χ4v) is 1.03. The summed E-state index contributed by atoms with van der Waals surface area (Å²) in [7, 11) is 0. The molecule has 1 N–H and O–H groups in total. The summed E-state index contributed by atoms with van der Waals surface area (Å²) >= 11 is 8.74. The zero-order chi connectivity index (χ0) is 8.97. The van der Waals surface area contributed by atoms with Crippen LogP contribution < -0.4 is 5.32 Å². The van der Waals surface area contributed by atoms with Crippen LogP contribution in [0.2, 0.25) is 0 Å². The Bertz CT molecular complexity index is 266. The van der Waals surface area contributed by atoms with Crippen molar-refractivity contribution < 1.29 is 0 Å². The smallest absolute Gasteiger partial charge is 0.130 e. The number of benzene rings is 1. The van der Waals surface area contributed by atoms with Crippen LogP contribution in [-0.4, -0.2) is 4.32 Å². The normalized spacial score (nSPS) is 9.50. The van der Waals surface area contributed by atoms with Crippen LogP contribution in [0.1, 0.15) is 11.1 Å². The molecule has 12 heavy (non-hydrogen) atoms. The molecule has 1 rings (SSSR count). The van der Waals surface area contributed by atoms with Gasteiger partial charge in [0.15, 0.2) is 0 Å². The molecule has 0 heterocycles. The molecule has 0 aliphatic heterocycles. The van der Waals surface area contributed by atoms with Crippen LogP contribution in [0.3, 0.4) is 0 Å². The van der Waals surface area contributed by atoms with E-state index in [-0.39, 0.29) is 0 Å². The number of hydrogen-bond acceptors (Lipinski definition) is 1. The van der Waals surface area contributed by atoms with Gasteiger partial charge in [0.05, 0.1) is 0 Å². The topological polar surface area (TPSA) is 12.0 Å². The Morgan fingerprint density at radius 3 is 2.50 bits per heavy atom. The van der Waals surface area contributed by atoms with Gasteiger partial charge in [-0.25, -0.2) is 0 Å². The van der Waals surface area contributed by atoms with Gasteiger partial charge in [-0.05, 0) is 12.5 Å². The first-order valence-corrected chi connectivity index (χ1v) is 4.56.